The Hall–Kier alpha value is -1.64. The fraction of sp³-hybridized carbons (Fsp3) is 0.357. The van der Waals surface area contributed by atoms with Gasteiger partial charge in [-0.15, -0.1) is 0 Å². The van der Waals surface area contributed by atoms with Crippen molar-refractivity contribution in [1.82, 2.24) is 9.78 Å². The van der Waals surface area contributed by atoms with Crippen LogP contribution >= 0.6 is 0 Å². The van der Waals surface area contributed by atoms with Crippen LogP contribution in [0.25, 0.3) is 11.3 Å². The van der Waals surface area contributed by atoms with Gasteiger partial charge in [-0.25, -0.2) is 4.39 Å². The molecule has 17 heavy (non-hydrogen) atoms. The Balaban J connectivity index is 2.48. The number of hydrogen-bond acceptors (Lipinski definition) is 1. The highest BCUT2D eigenvalue weighted by Gasteiger charge is 2.16. The third-order valence-electron chi connectivity index (χ3n) is 2.73. The van der Waals surface area contributed by atoms with E-state index in [1.165, 1.54) is 0 Å². The lowest BCUT2D eigenvalue weighted by Crippen LogP contribution is -2.08. The predicted molar refractivity (Wildman–Crippen MR) is 67.6 cm³/mol. The molecular formula is C14H17FN2. The lowest BCUT2D eigenvalue weighted by atomic mass is 10.1. The van der Waals surface area contributed by atoms with Gasteiger partial charge in [0.1, 0.15) is 6.17 Å². The highest BCUT2D eigenvalue weighted by atomic mass is 19.1. The van der Waals surface area contributed by atoms with E-state index in [0.717, 1.165) is 11.3 Å². The standard InChI is InChI=1S/C14H17FN2/c1-10(2)17-14(11(3)15)9-13(16-17)12-7-5-4-6-8-12/h4-11H,1-3H3. The summed E-state index contributed by atoms with van der Waals surface area (Å²) in [5, 5.41) is 4.48. The number of aromatic nitrogens is 2. The van der Waals surface area contributed by atoms with Crippen LogP contribution in [0, 0.1) is 0 Å². The van der Waals surface area contributed by atoms with Gasteiger partial charge in [0.2, 0.25) is 0 Å². The summed E-state index contributed by atoms with van der Waals surface area (Å²) in [5.41, 5.74) is 2.49. The zero-order chi connectivity index (χ0) is 12.4. The molecule has 0 saturated carbocycles. The van der Waals surface area contributed by atoms with Crippen molar-refractivity contribution in [3.8, 4) is 11.3 Å². The van der Waals surface area contributed by atoms with Gasteiger partial charge < -0.3 is 0 Å². The second-order valence-electron chi connectivity index (χ2n) is 4.47. The number of alkyl halides is 1. The van der Waals surface area contributed by atoms with E-state index in [2.05, 4.69) is 5.10 Å². The molecule has 0 bridgehead atoms. The molecule has 2 aromatic rings. The summed E-state index contributed by atoms with van der Waals surface area (Å²) in [6.07, 6.45) is -0.998. The minimum Gasteiger partial charge on any atom is -0.263 e. The van der Waals surface area contributed by atoms with E-state index in [4.69, 9.17) is 0 Å². The molecular weight excluding hydrogens is 215 g/mol. The molecule has 0 aliphatic heterocycles. The largest absolute Gasteiger partial charge is 0.263 e. The van der Waals surface area contributed by atoms with Crippen LogP contribution in [0.3, 0.4) is 0 Å². The average molecular weight is 232 g/mol. The van der Waals surface area contributed by atoms with Crippen LogP contribution in [-0.2, 0) is 0 Å². The van der Waals surface area contributed by atoms with Gasteiger partial charge in [0, 0.05) is 11.6 Å². The maximum absolute atomic E-state index is 13.5. The van der Waals surface area contributed by atoms with Gasteiger partial charge in [0.15, 0.2) is 0 Å². The van der Waals surface area contributed by atoms with Crippen molar-refractivity contribution in [2.75, 3.05) is 0 Å². The minimum atomic E-state index is -0.998. The molecule has 0 saturated heterocycles. The molecule has 0 amide bonds. The SMILES string of the molecule is CC(F)c1cc(-c2ccccc2)nn1C(C)C. The Bertz CT molecular complexity index is 461. The first-order valence-corrected chi connectivity index (χ1v) is 5.88. The van der Waals surface area contributed by atoms with Gasteiger partial charge in [-0.05, 0) is 26.8 Å². The van der Waals surface area contributed by atoms with Gasteiger partial charge in [-0.1, -0.05) is 30.3 Å². The lowest BCUT2D eigenvalue weighted by Gasteiger charge is -2.10. The molecule has 0 aliphatic carbocycles. The van der Waals surface area contributed by atoms with Crippen molar-refractivity contribution in [3.05, 3.63) is 42.1 Å². The summed E-state index contributed by atoms with van der Waals surface area (Å²) in [5.74, 6) is 0. The highest BCUT2D eigenvalue weighted by molar-refractivity contribution is 5.59. The van der Waals surface area contributed by atoms with Gasteiger partial charge in [-0.3, -0.25) is 4.68 Å². The second kappa shape index (κ2) is 4.70. The van der Waals surface area contributed by atoms with Crippen LogP contribution in [0.15, 0.2) is 36.4 Å². The fourth-order valence-corrected chi connectivity index (χ4v) is 1.87. The number of halogens is 1. The molecule has 1 unspecified atom stereocenters. The number of nitrogens with zero attached hydrogens (tertiary/aromatic N) is 2. The molecule has 1 aromatic heterocycles. The van der Waals surface area contributed by atoms with Gasteiger partial charge >= 0.3 is 0 Å². The monoisotopic (exact) mass is 232 g/mol. The number of rotatable bonds is 3. The first-order valence-electron chi connectivity index (χ1n) is 5.88. The van der Waals surface area contributed by atoms with E-state index in [1.807, 2.05) is 50.2 Å². The molecule has 0 fully saturated rings. The Morgan fingerprint density at radius 3 is 2.24 bits per heavy atom. The second-order valence-corrected chi connectivity index (χ2v) is 4.47. The third kappa shape index (κ3) is 2.38. The van der Waals surface area contributed by atoms with Crippen LogP contribution in [0.5, 0.6) is 0 Å². The van der Waals surface area contributed by atoms with E-state index in [9.17, 15) is 4.39 Å². The third-order valence-corrected chi connectivity index (χ3v) is 2.73. The van der Waals surface area contributed by atoms with E-state index in [0.29, 0.717) is 5.69 Å². The molecule has 1 aromatic carbocycles. The highest BCUT2D eigenvalue weighted by Crippen LogP contribution is 2.26. The minimum absolute atomic E-state index is 0.167. The topological polar surface area (TPSA) is 17.8 Å². The summed E-state index contributed by atoms with van der Waals surface area (Å²) in [6, 6.07) is 11.9. The quantitative estimate of drug-likeness (QED) is 0.777. The summed E-state index contributed by atoms with van der Waals surface area (Å²) in [7, 11) is 0. The molecule has 2 nitrogen and oxygen atoms in total. The maximum Gasteiger partial charge on any atom is 0.139 e. The van der Waals surface area contributed by atoms with Crippen molar-refractivity contribution in [2.24, 2.45) is 0 Å². The van der Waals surface area contributed by atoms with E-state index >= 15 is 0 Å². The fourth-order valence-electron chi connectivity index (χ4n) is 1.87. The van der Waals surface area contributed by atoms with Crippen LogP contribution in [0.2, 0.25) is 0 Å². The Morgan fingerprint density at radius 2 is 1.76 bits per heavy atom. The van der Waals surface area contributed by atoms with E-state index in [-0.39, 0.29) is 6.04 Å². The molecule has 2 rings (SSSR count). The van der Waals surface area contributed by atoms with Gasteiger partial charge in [0.05, 0.1) is 11.4 Å². The molecule has 0 N–H and O–H groups in total. The Labute approximate surface area is 101 Å². The molecule has 1 atom stereocenters. The van der Waals surface area contributed by atoms with Crippen molar-refractivity contribution in [2.45, 2.75) is 33.0 Å². The summed E-state index contributed by atoms with van der Waals surface area (Å²) in [4.78, 5) is 0. The molecule has 90 valence electrons. The van der Waals surface area contributed by atoms with Crippen LogP contribution in [-0.4, -0.2) is 9.78 Å². The molecule has 0 radical (unpaired) electrons. The smallest absolute Gasteiger partial charge is 0.139 e. The van der Waals surface area contributed by atoms with Crippen LogP contribution < -0.4 is 0 Å². The summed E-state index contributed by atoms with van der Waals surface area (Å²) in [6.45, 7) is 5.56. The van der Waals surface area contributed by atoms with E-state index in [1.54, 1.807) is 11.6 Å². The normalized spacial score (nSPS) is 13.0. The molecule has 3 heteroatoms. The van der Waals surface area contributed by atoms with Gasteiger partial charge in [-0.2, -0.15) is 5.10 Å². The van der Waals surface area contributed by atoms with Crippen molar-refractivity contribution >= 4 is 0 Å². The predicted octanol–water partition coefficient (Wildman–Crippen LogP) is 4.16. The van der Waals surface area contributed by atoms with Crippen LogP contribution in [0.4, 0.5) is 4.39 Å². The van der Waals surface area contributed by atoms with E-state index < -0.39 is 6.17 Å². The number of hydrogen-bond donors (Lipinski definition) is 0. The molecule has 0 spiro atoms. The summed E-state index contributed by atoms with van der Waals surface area (Å²) < 4.78 is 15.3. The van der Waals surface area contributed by atoms with Crippen LogP contribution in [0.1, 0.15) is 38.7 Å². The molecule has 0 aliphatic rings. The Morgan fingerprint density at radius 1 is 1.12 bits per heavy atom. The first kappa shape index (κ1) is 11.8. The number of benzene rings is 1. The van der Waals surface area contributed by atoms with Crippen molar-refractivity contribution in [1.29, 1.82) is 0 Å². The Kier molecular flexibility index (Phi) is 3.27. The average Bonchev–Trinajstić information content (AvgIpc) is 2.75. The van der Waals surface area contributed by atoms with Crippen molar-refractivity contribution in [3.63, 3.8) is 0 Å². The van der Waals surface area contributed by atoms with Crippen molar-refractivity contribution < 1.29 is 4.39 Å². The van der Waals surface area contributed by atoms with Gasteiger partial charge in [0.25, 0.3) is 0 Å². The summed E-state index contributed by atoms with van der Waals surface area (Å²) >= 11 is 0. The molecule has 1 heterocycles. The first-order chi connectivity index (χ1) is 8.09. The lowest BCUT2D eigenvalue weighted by molar-refractivity contribution is 0.338. The zero-order valence-electron chi connectivity index (χ0n) is 10.4. The maximum atomic E-state index is 13.5. The zero-order valence-corrected chi connectivity index (χ0v) is 10.4.